The Morgan fingerprint density at radius 3 is 2.58 bits per heavy atom. The van der Waals surface area contributed by atoms with E-state index < -0.39 is 0 Å². The van der Waals surface area contributed by atoms with Crippen LogP contribution in [0.5, 0.6) is 0 Å². The first-order chi connectivity index (χ1) is 9.13. The summed E-state index contributed by atoms with van der Waals surface area (Å²) >= 11 is 5.36. The zero-order valence-electron chi connectivity index (χ0n) is 11.7. The van der Waals surface area contributed by atoms with Crippen LogP contribution < -0.4 is 4.90 Å². The van der Waals surface area contributed by atoms with Gasteiger partial charge in [0.1, 0.15) is 6.04 Å². The van der Waals surface area contributed by atoms with E-state index in [1.54, 1.807) is 0 Å². The van der Waals surface area contributed by atoms with Crippen molar-refractivity contribution in [1.82, 2.24) is 14.8 Å². The number of nitrogens with one attached hydrogen (secondary N) is 2. The van der Waals surface area contributed by atoms with Gasteiger partial charge in [0.05, 0.1) is 20.6 Å². The minimum absolute atomic E-state index is 0.358. The van der Waals surface area contributed by atoms with Crippen molar-refractivity contribution in [2.45, 2.75) is 25.9 Å². The number of benzene rings is 1. The topological polar surface area (TPSA) is 38.0 Å². The predicted octanol–water partition coefficient (Wildman–Crippen LogP) is 1.58. The van der Waals surface area contributed by atoms with Gasteiger partial charge in [-0.25, -0.2) is 0 Å². The lowest BCUT2D eigenvalue weighted by molar-refractivity contribution is -0.893. The standard InChI is InChI=1S/C14H20N4S/c1-4-12(17(2)3)13-15-16-14(19)18(13)10-11-8-6-5-7-9-11/h5-9,12H,4,10H2,1-3H3,(H,16,19)/p+1/t12-/m1/s1. The molecule has 0 radical (unpaired) electrons. The number of quaternary nitrogens is 1. The molecule has 0 bridgehead atoms. The van der Waals surface area contributed by atoms with E-state index in [-0.39, 0.29) is 0 Å². The third kappa shape index (κ3) is 3.11. The summed E-state index contributed by atoms with van der Waals surface area (Å²) < 4.78 is 2.80. The molecule has 0 amide bonds. The molecule has 19 heavy (non-hydrogen) atoms. The highest BCUT2D eigenvalue weighted by molar-refractivity contribution is 7.71. The smallest absolute Gasteiger partial charge is 0.195 e. The third-order valence-corrected chi connectivity index (χ3v) is 3.70. The van der Waals surface area contributed by atoms with Crippen molar-refractivity contribution in [3.05, 3.63) is 46.5 Å². The van der Waals surface area contributed by atoms with Crippen LogP contribution in [0.25, 0.3) is 0 Å². The maximum absolute atomic E-state index is 5.36. The van der Waals surface area contributed by atoms with Gasteiger partial charge in [0.15, 0.2) is 10.6 Å². The average molecular weight is 277 g/mol. The molecule has 5 heteroatoms. The Labute approximate surface area is 119 Å². The van der Waals surface area contributed by atoms with Gasteiger partial charge in [-0.05, 0) is 17.8 Å². The van der Waals surface area contributed by atoms with Gasteiger partial charge in [-0.3, -0.25) is 9.67 Å². The zero-order chi connectivity index (χ0) is 13.8. The van der Waals surface area contributed by atoms with Crippen LogP contribution in [0.1, 0.15) is 30.8 Å². The molecule has 2 N–H and O–H groups in total. The molecule has 1 atom stereocenters. The lowest BCUT2D eigenvalue weighted by atomic mass is 10.2. The first kappa shape index (κ1) is 14.0. The van der Waals surface area contributed by atoms with Crippen LogP contribution in [-0.2, 0) is 6.54 Å². The summed E-state index contributed by atoms with van der Waals surface area (Å²) in [5.41, 5.74) is 1.24. The third-order valence-electron chi connectivity index (χ3n) is 3.39. The van der Waals surface area contributed by atoms with E-state index in [0.29, 0.717) is 10.8 Å². The van der Waals surface area contributed by atoms with E-state index in [0.717, 1.165) is 18.8 Å². The molecule has 1 heterocycles. The molecule has 1 aromatic heterocycles. The second kappa shape index (κ2) is 6.12. The Balaban J connectivity index is 2.35. The normalized spacial score (nSPS) is 12.8. The van der Waals surface area contributed by atoms with Crippen molar-refractivity contribution >= 4 is 12.2 Å². The molecule has 0 saturated carbocycles. The van der Waals surface area contributed by atoms with Crippen LogP contribution in [0.4, 0.5) is 0 Å². The largest absolute Gasteiger partial charge is 0.331 e. The second-order valence-corrected chi connectivity index (χ2v) is 5.38. The summed E-state index contributed by atoms with van der Waals surface area (Å²) in [5.74, 6) is 1.04. The molecule has 0 aliphatic carbocycles. The van der Waals surface area contributed by atoms with Gasteiger partial charge < -0.3 is 4.90 Å². The number of nitrogens with zero attached hydrogens (tertiary/aromatic N) is 2. The fourth-order valence-electron chi connectivity index (χ4n) is 2.36. The first-order valence-corrected chi connectivity index (χ1v) is 7.03. The molecule has 4 nitrogen and oxygen atoms in total. The molecule has 0 saturated heterocycles. The van der Waals surface area contributed by atoms with Gasteiger partial charge in [-0.2, -0.15) is 5.10 Å². The van der Waals surface area contributed by atoms with Crippen LogP contribution >= 0.6 is 12.2 Å². The molecular formula is C14H21N4S+. The predicted molar refractivity (Wildman–Crippen MR) is 78.8 cm³/mol. The van der Waals surface area contributed by atoms with Gasteiger partial charge in [0, 0.05) is 6.42 Å². The van der Waals surface area contributed by atoms with Crippen LogP contribution in [0.2, 0.25) is 0 Å². The van der Waals surface area contributed by atoms with Gasteiger partial charge >= 0.3 is 0 Å². The lowest BCUT2D eigenvalue weighted by Crippen LogP contribution is -3.06. The SMILES string of the molecule is CC[C@H](c1n[nH]c(=S)n1Cc1ccccc1)[NH+](C)C. The number of hydrogen-bond acceptors (Lipinski definition) is 2. The van der Waals surface area contributed by atoms with E-state index in [2.05, 4.69) is 47.9 Å². The molecular weight excluding hydrogens is 256 g/mol. The Kier molecular flexibility index (Phi) is 4.50. The molecule has 2 aromatic rings. The number of aromatic amines is 1. The van der Waals surface area contributed by atoms with E-state index in [1.165, 1.54) is 10.5 Å². The first-order valence-electron chi connectivity index (χ1n) is 6.62. The van der Waals surface area contributed by atoms with Crippen LogP contribution in [-0.4, -0.2) is 28.9 Å². The fraction of sp³-hybridized carbons (Fsp3) is 0.429. The summed E-state index contributed by atoms with van der Waals surface area (Å²) in [4.78, 5) is 1.37. The Hall–Kier alpha value is -1.46. The Morgan fingerprint density at radius 1 is 1.32 bits per heavy atom. The molecule has 0 spiro atoms. The van der Waals surface area contributed by atoms with Gasteiger partial charge in [0.2, 0.25) is 0 Å². The van der Waals surface area contributed by atoms with Crippen molar-refractivity contribution in [1.29, 1.82) is 0 Å². The highest BCUT2D eigenvalue weighted by Crippen LogP contribution is 2.13. The quantitative estimate of drug-likeness (QED) is 0.815. The zero-order valence-corrected chi connectivity index (χ0v) is 12.5. The summed E-state index contributed by atoms with van der Waals surface area (Å²) in [6.45, 7) is 2.96. The van der Waals surface area contributed by atoms with E-state index >= 15 is 0 Å². The number of aromatic nitrogens is 3. The Morgan fingerprint density at radius 2 is 2.00 bits per heavy atom. The van der Waals surface area contributed by atoms with Crippen molar-refractivity contribution < 1.29 is 4.90 Å². The van der Waals surface area contributed by atoms with Gasteiger partial charge in [-0.1, -0.05) is 37.3 Å². The van der Waals surface area contributed by atoms with E-state index in [1.807, 2.05) is 18.2 Å². The van der Waals surface area contributed by atoms with Crippen molar-refractivity contribution in [2.75, 3.05) is 14.1 Å². The molecule has 102 valence electrons. The minimum atomic E-state index is 0.358. The molecule has 0 fully saturated rings. The van der Waals surface area contributed by atoms with Crippen molar-refractivity contribution in [3.63, 3.8) is 0 Å². The highest BCUT2D eigenvalue weighted by atomic mass is 32.1. The number of hydrogen-bond donors (Lipinski definition) is 2. The second-order valence-electron chi connectivity index (χ2n) is 5.00. The molecule has 0 aliphatic rings. The van der Waals surface area contributed by atoms with Gasteiger partial charge in [0.25, 0.3) is 0 Å². The molecule has 1 aromatic carbocycles. The fourth-order valence-corrected chi connectivity index (χ4v) is 2.57. The summed E-state index contributed by atoms with van der Waals surface area (Å²) in [6, 6.07) is 10.7. The summed E-state index contributed by atoms with van der Waals surface area (Å²) in [6.07, 6.45) is 1.04. The summed E-state index contributed by atoms with van der Waals surface area (Å²) in [5, 5.41) is 7.36. The maximum atomic E-state index is 5.36. The number of H-pyrrole nitrogens is 1. The van der Waals surface area contributed by atoms with Crippen LogP contribution in [0, 0.1) is 4.77 Å². The maximum Gasteiger partial charge on any atom is 0.195 e. The van der Waals surface area contributed by atoms with E-state index in [9.17, 15) is 0 Å². The lowest BCUT2D eigenvalue weighted by Gasteiger charge is -2.19. The molecule has 2 rings (SSSR count). The average Bonchev–Trinajstić information content (AvgIpc) is 2.74. The monoisotopic (exact) mass is 277 g/mol. The van der Waals surface area contributed by atoms with E-state index in [4.69, 9.17) is 12.2 Å². The van der Waals surface area contributed by atoms with Crippen molar-refractivity contribution in [2.24, 2.45) is 0 Å². The molecule has 0 aliphatic heterocycles. The highest BCUT2D eigenvalue weighted by Gasteiger charge is 2.22. The van der Waals surface area contributed by atoms with Crippen LogP contribution in [0.3, 0.4) is 0 Å². The number of rotatable bonds is 5. The summed E-state index contributed by atoms with van der Waals surface area (Å²) in [7, 11) is 4.30. The van der Waals surface area contributed by atoms with Crippen molar-refractivity contribution in [3.8, 4) is 0 Å². The Bertz CT molecular complexity index is 571. The van der Waals surface area contributed by atoms with Crippen LogP contribution in [0.15, 0.2) is 30.3 Å². The molecule has 0 unspecified atom stereocenters. The van der Waals surface area contributed by atoms with Gasteiger partial charge in [-0.15, -0.1) is 0 Å². The minimum Gasteiger partial charge on any atom is -0.331 e.